The van der Waals surface area contributed by atoms with Gasteiger partial charge >= 0.3 is 0 Å². The van der Waals surface area contributed by atoms with E-state index in [1.807, 2.05) is 23.1 Å². The maximum atomic E-state index is 13.0. The van der Waals surface area contributed by atoms with Crippen molar-refractivity contribution in [1.29, 1.82) is 0 Å². The highest BCUT2D eigenvalue weighted by molar-refractivity contribution is 5.79. The Morgan fingerprint density at radius 3 is 2.81 bits per heavy atom. The molecule has 27 heavy (non-hydrogen) atoms. The van der Waals surface area contributed by atoms with Crippen molar-refractivity contribution in [3.05, 3.63) is 40.9 Å². The number of carbonyl (C=O) groups excluding carboxylic acids is 1. The lowest BCUT2D eigenvalue weighted by molar-refractivity contribution is -0.136. The van der Waals surface area contributed by atoms with Gasteiger partial charge in [-0.1, -0.05) is 12.1 Å². The zero-order valence-corrected chi connectivity index (χ0v) is 15.5. The number of piperidine rings is 1. The summed E-state index contributed by atoms with van der Waals surface area (Å²) in [5.74, 6) is 0.00661. The van der Waals surface area contributed by atoms with Gasteiger partial charge in [-0.05, 0) is 31.4 Å². The number of ether oxygens (including phenoxy) is 1. The molecule has 1 aromatic carbocycles. The normalized spacial score (nSPS) is 21.5. The maximum Gasteiger partial charge on any atom is 0.261 e. The second-order valence-corrected chi connectivity index (χ2v) is 7.34. The highest BCUT2D eigenvalue weighted by Crippen LogP contribution is 2.19. The predicted octanol–water partition coefficient (Wildman–Crippen LogP) is 1.11. The van der Waals surface area contributed by atoms with Crippen molar-refractivity contribution in [3.8, 4) is 0 Å². The van der Waals surface area contributed by atoms with E-state index >= 15 is 0 Å². The van der Waals surface area contributed by atoms with E-state index in [2.05, 4.69) is 9.88 Å². The summed E-state index contributed by atoms with van der Waals surface area (Å²) in [5, 5.41) is 0.552. The molecular formula is C20H26N4O3. The Balaban J connectivity index is 1.48. The van der Waals surface area contributed by atoms with Gasteiger partial charge in [0.25, 0.3) is 5.56 Å². The van der Waals surface area contributed by atoms with Gasteiger partial charge in [0, 0.05) is 32.2 Å². The summed E-state index contributed by atoms with van der Waals surface area (Å²) >= 11 is 0. The van der Waals surface area contributed by atoms with E-state index in [0.717, 1.165) is 58.7 Å². The van der Waals surface area contributed by atoms with Gasteiger partial charge in [-0.2, -0.15) is 0 Å². The molecular weight excluding hydrogens is 344 g/mol. The van der Waals surface area contributed by atoms with Crippen LogP contribution in [0.25, 0.3) is 10.9 Å². The molecule has 0 radical (unpaired) electrons. The predicted molar refractivity (Wildman–Crippen MR) is 103 cm³/mol. The molecule has 1 atom stereocenters. The lowest BCUT2D eigenvalue weighted by Gasteiger charge is -2.39. The van der Waals surface area contributed by atoms with Gasteiger partial charge in [-0.15, -0.1) is 0 Å². The molecule has 0 unspecified atom stereocenters. The number of aromatic nitrogens is 2. The number of hydrogen-bond acceptors (Lipinski definition) is 5. The monoisotopic (exact) mass is 370 g/mol. The molecule has 7 heteroatoms. The summed E-state index contributed by atoms with van der Waals surface area (Å²) in [5.41, 5.74) is 0.505. The third-order valence-electron chi connectivity index (χ3n) is 5.56. The Morgan fingerprint density at radius 1 is 1.15 bits per heavy atom. The van der Waals surface area contributed by atoms with Crippen LogP contribution >= 0.6 is 0 Å². The van der Waals surface area contributed by atoms with Crippen LogP contribution in [0.15, 0.2) is 35.4 Å². The van der Waals surface area contributed by atoms with E-state index in [4.69, 9.17) is 4.74 Å². The first kappa shape index (κ1) is 18.1. The van der Waals surface area contributed by atoms with Crippen LogP contribution in [0, 0.1) is 0 Å². The average Bonchev–Trinajstić information content (AvgIpc) is 2.71. The number of morpholine rings is 1. The first-order valence-corrected chi connectivity index (χ1v) is 9.76. The summed E-state index contributed by atoms with van der Waals surface area (Å²) in [6, 6.07) is 7.46. The van der Waals surface area contributed by atoms with Crippen molar-refractivity contribution in [2.24, 2.45) is 0 Å². The van der Waals surface area contributed by atoms with Crippen LogP contribution in [0.3, 0.4) is 0 Å². The van der Waals surface area contributed by atoms with Crippen LogP contribution < -0.4 is 5.56 Å². The number of hydrogen-bond donors (Lipinski definition) is 0. The Labute approximate surface area is 158 Å². The van der Waals surface area contributed by atoms with E-state index in [-0.39, 0.29) is 24.1 Å². The smallest absolute Gasteiger partial charge is 0.261 e. The van der Waals surface area contributed by atoms with Crippen molar-refractivity contribution in [3.63, 3.8) is 0 Å². The van der Waals surface area contributed by atoms with Crippen LogP contribution in [0.1, 0.15) is 19.3 Å². The fourth-order valence-electron chi connectivity index (χ4n) is 4.06. The van der Waals surface area contributed by atoms with Crippen LogP contribution in [0.2, 0.25) is 0 Å². The first-order chi connectivity index (χ1) is 13.2. The Morgan fingerprint density at radius 2 is 1.96 bits per heavy atom. The van der Waals surface area contributed by atoms with Gasteiger partial charge in [0.1, 0.15) is 6.54 Å². The molecule has 0 spiro atoms. The minimum atomic E-state index is -0.157. The lowest BCUT2D eigenvalue weighted by atomic mass is 10.0. The molecule has 0 N–H and O–H groups in total. The van der Waals surface area contributed by atoms with Crippen LogP contribution in [-0.2, 0) is 16.1 Å². The third kappa shape index (κ3) is 4.04. The first-order valence-electron chi connectivity index (χ1n) is 9.76. The average molecular weight is 370 g/mol. The minimum absolute atomic E-state index is 0.00661. The molecule has 0 bridgehead atoms. The molecule has 1 aromatic heterocycles. The lowest BCUT2D eigenvalue weighted by Crippen LogP contribution is -2.52. The SMILES string of the molecule is O=C(Cn1cnc2ccccc2c1=O)N1CCCC[C@@H]1CN1CCOCC1. The topological polar surface area (TPSA) is 67.7 Å². The number of carbonyl (C=O) groups is 1. The van der Waals surface area contributed by atoms with E-state index in [1.54, 1.807) is 6.07 Å². The standard InChI is InChI=1S/C20H26N4O3/c25-19(14-23-15-21-18-7-2-1-6-17(18)20(23)26)24-8-4-3-5-16(24)13-22-9-11-27-12-10-22/h1-2,6-7,15-16H,3-5,8-14H2/t16-/m1/s1. The number of nitrogens with zero attached hydrogens (tertiary/aromatic N) is 4. The van der Waals surface area contributed by atoms with Gasteiger partial charge in [0.2, 0.25) is 5.91 Å². The van der Waals surface area contributed by atoms with E-state index < -0.39 is 0 Å². The van der Waals surface area contributed by atoms with Gasteiger partial charge < -0.3 is 9.64 Å². The molecule has 2 fully saturated rings. The largest absolute Gasteiger partial charge is 0.379 e. The van der Waals surface area contributed by atoms with E-state index in [9.17, 15) is 9.59 Å². The maximum absolute atomic E-state index is 13.0. The van der Waals surface area contributed by atoms with Gasteiger partial charge in [0.15, 0.2) is 0 Å². The second kappa shape index (κ2) is 8.19. The highest BCUT2D eigenvalue weighted by Gasteiger charge is 2.29. The van der Waals surface area contributed by atoms with Crippen LogP contribution in [-0.4, -0.2) is 70.7 Å². The Hall–Kier alpha value is -2.25. The van der Waals surface area contributed by atoms with Crippen molar-refractivity contribution in [2.45, 2.75) is 31.8 Å². The summed E-state index contributed by atoms with van der Waals surface area (Å²) in [6.07, 6.45) is 4.68. The number of fused-ring (bicyclic) bond motifs is 1. The molecule has 2 aliphatic rings. The van der Waals surface area contributed by atoms with Crippen LogP contribution in [0.5, 0.6) is 0 Å². The highest BCUT2D eigenvalue weighted by atomic mass is 16.5. The van der Waals surface area contributed by atoms with Gasteiger partial charge in [0.05, 0.1) is 30.4 Å². The molecule has 0 aliphatic carbocycles. The van der Waals surface area contributed by atoms with Crippen molar-refractivity contribution in [2.75, 3.05) is 39.4 Å². The molecule has 2 aliphatic heterocycles. The van der Waals surface area contributed by atoms with E-state index in [1.165, 1.54) is 10.9 Å². The second-order valence-electron chi connectivity index (χ2n) is 7.34. The molecule has 144 valence electrons. The minimum Gasteiger partial charge on any atom is -0.379 e. The summed E-state index contributed by atoms with van der Waals surface area (Å²) in [6.45, 7) is 5.08. The molecule has 0 saturated carbocycles. The zero-order valence-electron chi connectivity index (χ0n) is 15.5. The van der Waals surface area contributed by atoms with Crippen LogP contribution in [0.4, 0.5) is 0 Å². The van der Waals surface area contributed by atoms with Crippen molar-refractivity contribution < 1.29 is 9.53 Å². The molecule has 4 rings (SSSR count). The third-order valence-corrected chi connectivity index (χ3v) is 5.56. The summed E-state index contributed by atoms with van der Waals surface area (Å²) in [7, 11) is 0. The number of amides is 1. The fourth-order valence-corrected chi connectivity index (χ4v) is 4.06. The van der Waals surface area contributed by atoms with Crippen molar-refractivity contribution in [1.82, 2.24) is 19.4 Å². The Bertz CT molecular complexity index is 860. The van der Waals surface area contributed by atoms with Gasteiger partial charge in [-0.25, -0.2) is 4.98 Å². The molecule has 3 heterocycles. The fraction of sp³-hybridized carbons (Fsp3) is 0.550. The summed E-state index contributed by atoms with van der Waals surface area (Å²) < 4.78 is 6.86. The molecule has 2 aromatic rings. The van der Waals surface area contributed by atoms with Crippen molar-refractivity contribution >= 4 is 16.8 Å². The number of likely N-dealkylation sites (tertiary alicyclic amines) is 1. The number of rotatable bonds is 4. The summed E-state index contributed by atoms with van der Waals surface area (Å²) in [4.78, 5) is 34.4. The zero-order chi connectivity index (χ0) is 18.6. The molecule has 2 saturated heterocycles. The molecule has 1 amide bonds. The molecule has 7 nitrogen and oxygen atoms in total. The number of benzene rings is 1. The quantitative estimate of drug-likeness (QED) is 0.807. The number of para-hydroxylation sites is 1. The van der Waals surface area contributed by atoms with Gasteiger partial charge in [-0.3, -0.25) is 19.1 Å². The van der Waals surface area contributed by atoms with E-state index in [0.29, 0.717) is 10.9 Å². The Kier molecular flexibility index (Phi) is 5.50.